The van der Waals surface area contributed by atoms with Crippen LogP contribution in [-0.4, -0.2) is 32.9 Å². The van der Waals surface area contributed by atoms with Crippen molar-refractivity contribution in [1.82, 2.24) is 14.5 Å². The van der Waals surface area contributed by atoms with Crippen LogP contribution in [0.5, 0.6) is 0 Å². The molecule has 2 aromatic rings. The first-order valence-corrected chi connectivity index (χ1v) is 10.4. The van der Waals surface area contributed by atoms with Crippen molar-refractivity contribution < 1.29 is 4.79 Å². The van der Waals surface area contributed by atoms with E-state index in [0.717, 1.165) is 44.7 Å². The van der Waals surface area contributed by atoms with Gasteiger partial charge < -0.3 is 9.47 Å². The number of amides is 1. The van der Waals surface area contributed by atoms with Crippen LogP contribution in [0.1, 0.15) is 48.5 Å². The largest absolute Gasteiger partial charge is 0.339 e. The van der Waals surface area contributed by atoms with Crippen LogP contribution in [0.4, 0.5) is 0 Å². The minimum atomic E-state index is 0.294. The molecule has 1 saturated carbocycles. The zero-order valence-electron chi connectivity index (χ0n) is 15.0. The summed E-state index contributed by atoms with van der Waals surface area (Å²) in [5.41, 5.74) is 1.28. The van der Waals surface area contributed by atoms with E-state index in [1.54, 1.807) is 11.3 Å². The third-order valence-electron chi connectivity index (χ3n) is 5.58. The van der Waals surface area contributed by atoms with E-state index >= 15 is 0 Å². The first-order valence-electron chi connectivity index (χ1n) is 9.53. The lowest BCUT2D eigenvalue weighted by atomic mass is 10.1. The molecule has 25 heavy (non-hydrogen) atoms. The van der Waals surface area contributed by atoms with Crippen molar-refractivity contribution in [2.45, 2.75) is 64.5 Å². The number of aromatic nitrogens is 2. The summed E-state index contributed by atoms with van der Waals surface area (Å²) in [6.07, 6.45) is 9.59. The van der Waals surface area contributed by atoms with Crippen LogP contribution in [0.3, 0.4) is 0 Å². The molecule has 2 aromatic heterocycles. The molecule has 0 bridgehead atoms. The Morgan fingerprint density at radius 1 is 1.36 bits per heavy atom. The Morgan fingerprint density at radius 3 is 3.00 bits per heavy atom. The molecule has 0 spiro atoms. The average Bonchev–Trinajstić information content (AvgIpc) is 2.99. The molecule has 1 amide bonds. The number of imidazole rings is 1. The number of nitrogens with zero attached hydrogens (tertiary/aromatic N) is 3. The standard InChI is InChI=1S/C20H27N3OS/c1-15-13-21-19(23(15)14-16-6-7-16)9-8-17-4-2-10-22(17)20(24)12-18-5-3-11-25-18/h3,5,11,13,16-17H,2,4,6-10,12,14H2,1H3. The van der Waals surface area contributed by atoms with Crippen LogP contribution in [0.2, 0.25) is 0 Å². The van der Waals surface area contributed by atoms with Gasteiger partial charge in [0.15, 0.2) is 0 Å². The van der Waals surface area contributed by atoms with E-state index in [0.29, 0.717) is 18.4 Å². The molecular formula is C20H27N3OS. The molecule has 1 saturated heterocycles. The number of likely N-dealkylation sites (tertiary alicyclic amines) is 1. The molecule has 2 aliphatic rings. The Morgan fingerprint density at radius 2 is 2.24 bits per heavy atom. The minimum Gasteiger partial charge on any atom is -0.339 e. The van der Waals surface area contributed by atoms with Crippen molar-refractivity contribution in [3.8, 4) is 0 Å². The van der Waals surface area contributed by atoms with Crippen molar-refractivity contribution in [3.05, 3.63) is 40.1 Å². The van der Waals surface area contributed by atoms with E-state index in [4.69, 9.17) is 0 Å². The summed E-state index contributed by atoms with van der Waals surface area (Å²) < 4.78 is 2.41. The second kappa shape index (κ2) is 7.32. The van der Waals surface area contributed by atoms with Gasteiger partial charge in [-0.05, 0) is 56.4 Å². The lowest BCUT2D eigenvalue weighted by Crippen LogP contribution is -2.36. The predicted molar refractivity (Wildman–Crippen MR) is 101 cm³/mol. The van der Waals surface area contributed by atoms with Gasteiger partial charge in [-0.25, -0.2) is 4.98 Å². The van der Waals surface area contributed by atoms with Gasteiger partial charge in [0.05, 0.1) is 6.42 Å². The van der Waals surface area contributed by atoms with Crippen LogP contribution in [0.15, 0.2) is 23.7 Å². The quantitative estimate of drug-likeness (QED) is 0.755. The van der Waals surface area contributed by atoms with Gasteiger partial charge in [0, 0.05) is 42.3 Å². The van der Waals surface area contributed by atoms with Crippen molar-refractivity contribution in [2.75, 3.05) is 6.54 Å². The highest BCUT2D eigenvalue weighted by Gasteiger charge is 2.29. The van der Waals surface area contributed by atoms with E-state index in [1.165, 1.54) is 29.2 Å². The normalized spacial score (nSPS) is 20.4. The van der Waals surface area contributed by atoms with E-state index < -0.39 is 0 Å². The number of aryl methyl sites for hydroxylation is 2. The summed E-state index contributed by atoms with van der Waals surface area (Å²) in [5.74, 6) is 2.37. The zero-order valence-corrected chi connectivity index (χ0v) is 15.8. The third-order valence-corrected chi connectivity index (χ3v) is 6.46. The number of thiophene rings is 1. The predicted octanol–water partition coefficient (Wildman–Crippen LogP) is 3.83. The molecular weight excluding hydrogens is 330 g/mol. The SMILES string of the molecule is Cc1cnc(CCC2CCCN2C(=O)Cc2cccs2)n1CC1CC1. The smallest absolute Gasteiger partial charge is 0.228 e. The van der Waals surface area contributed by atoms with E-state index in [2.05, 4.69) is 27.4 Å². The highest BCUT2D eigenvalue weighted by atomic mass is 32.1. The van der Waals surface area contributed by atoms with Gasteiger partial charge in [-0.3, -0.25) is 4.79 Å². The number of carbonyl (C=O) groups is 1. The lowest BCUT2D eigenvalue weighted by molar-refractivity contribution is -0.131. The summed E-state index contributed by atoms with van der Waals surface area (Å²) in [5, 5.41) is 2.05. The summed E-state index contributed by atoms with van der Waals surface area (Å²) in [4.78, 5) is 20.6. The first kappa shape index (κ1) is 16.8. The van der Waals surface area contributed by atoms with Crippen LogP contribution in [0.25, 0.3) is 0 Å². The van der Waals surface area contributed by atoms with Gasteiger partial charge in [-0.1, -0.05) is 6.07 Å². The van der Waals surface area contributed by atoms with Crippen molar-refractivity contribution in [3.63, 3.8) is 0 Å². The van der Waals surface area contributed by atoms with Gasteiger partial charge in [-0.15, -0.1) is 11.3 Å². The number of rotatable bonds is 7. The molecule has 0 radical (unpaired) electrons. The molecule has 1 aliphatic heterocycles. The third kappa shape index (κ3) is 3.97. The molecule has 0 aromatic carbocycles. The summed E-state index contributed by atoms with van der Waals surface area (Å²) in [7, 11) is 0. The minimum absolute atomic E-state index is 0.294. The summed E-state index contributed by atoms with van der Waals surface area (Å²) in [6, 6.07) is 4.47. The molecule has 4 rings (SSSR count). The van der Waals surface area contributed by atoms with Gasteiger partial charge in [0.25, 0.3) is 0 Å². The lowest BCUT2D eigenvalue weighted by Gasteiger charge is -2.24. The van der Waals surface area contributed by atoms with Gasteiger partial charge in [-0.2, -0.15) is 0 Å². The molecule has 1 atom stereocenters. The summed E-state index contributed by atoms with van der Waals surface area (Å²) >= 11 is 1.68. The van der Waals surface area contributed by atoms with Crippen molar-refractivity contribution >= 4 is 17.2 Å². The fourth-order valence-corrected chi connectivity index (χ4v) is 4.64. The van der Waals surface area contributed by atoms with Crippen molar-refractivity contribution in [2.24, 2.45) is 5.92 Å². The van der Waals surface area contributed by atoms with Gasteiger partial charge in [0.2, 0.25) is 5.91 Å². The number of hydrogen-bond acceptors (Lipinski definition) is 3. The molecule has 1 aliphatic carbocycles. The molecule has 5 heteroatoms. The summed E-state index contributed by atoms with van der Waals surface area (Å²) in [6.45, 7) is 4.21. The maximum Gasteiger partial charge on any atom is 0.228 e. The Balaban J connectivity index is 1.36. The topological polar surface area (TPSA) is 38.1 Å². The van der Waals surface area contributed by atoms with E-state index in [1.807, 2.05) is 17.6 Å². The zero-order chi connectivity index (χ0) is 17.2. The Hall–Kier alpha value is -1.62. The monoisotopic (exact) mass is 357 g/mol. The molecule has 3 heterocycles. The van der Waals surface area contributed by atoms with Crippen LogP contribution in [0, 0.1) is 12.8 Å². The number of hydrogen-bond donors (Lipinski definition) is 0. The van der Waals surface area contributed by atoms with Crippen LogP contribution < -0.4 is 0 Å². The highest BCUT2D eigenvalue weighted by molar-refractivity contribution is 7.10. The van der Waals surface area contributed by atoms with Crippen LogP contribution in [-0.2, 0) is 24.2 Å². The Bertz CT molecular complexity index is 717. The Labute approximate surface area is 153 Å². The van der Waals surface area contributed by atoms with Gasteiger partial charge in [0.1, 0.15) is 5.82 Å². The maximum atomic E-state index is 12.7. The molecule has 4 nitrogen and oxygen atoms in total. The van der Waals surface area contributed by atoms with E-state index in [9.17, 15) is 4.79 Å². The maximum absolute atomic E-state index is 12.7. The Kier molecular flexibility index (Phi) is 4.93. The van der Waals surface area contributed by atoms with Gasteiger partial charge >= 0.3 is 0 Å². The molecule has 1 unspecified atom stereocenters. The average molecular weight is 358 g/mol. The fourth-order valence-electron chi connectivity index (χ4n) is 3.94. The highest BCUT2D eigenvalue weighted by Crippen LogP contribution is 2.32. The second-order valence-electron chi connectivity index (χ2n) is 7.55. The second-order valence-corrected chi connectivity index (χ2v) is 8.58. The van der Waals surface area contributed by atoms with Crippen LogP contribution >= 0.6 is 11.3 Å². The van der Waals surface area contributed by atoms with E-state index in [-0.39, 0.29) is 0 Å². The fraction of sp³-hybridized carbons (Fsp3) is 0.600. The molecule has 134 valence electrons. The molecule has 0 N–H and O–H groups in total. The first-order chi connectivity index (χ1) is 12.2. The van der Waals surface area contributed by atoms with Crippen molar-refractivity contribution in [1.29, 1.82) is 0 Å². The number of carbonyl (C=O) groups excluding carboxylic acids is 1. The molecule has 2 fully saturated rings.